The maximum Gasteiger partial charge on any atom is 0.410 e. The van der Waals surface area contributed by atoms with E-state index in [0.717, 1.165) is 11.1 Å². The smallest absolute Gasteiger partial charge is 0.410 e. The van der Waals surface area contributed by atoms with Crippen LogP contribution in [0.3, 0.4) is 0 Å². The van der Waals surface area contributed by atoms with Crippen LogP contribution in [0.15, 0.2) is 54.6 Å². The van der Waals surface area contributed by atoms with Gasteiger partial charge in [0.2, 0.25) is 0 Å². The van der Waals surface area contributed by atoms with E-state index < -0.39 is 0 Å². The van der Waals surface area contributed by atoms with Gasteiger partial charge in [-0.05, 0) is 35.6 Å². The summed E-state index contributed by atoms with van der Waals surface area (Å²) in [6.07, 6.45) is 0.312. The fraction of sp³-hybridized carbons (Fsp3) is 0.364. The van der Waals surface area contributed by atoms with Crippen LogP contribution in [0.4, 0.5) is 9.18 Å². The van der Waals surface area contributed by atoms with E-state index in [-0.39, 0.29) is 42.9 Å². The number of nitrogens with zero attached hydrogens (tertiary/aromatic N) is 1. The van der Waals surface area contributed by atoms with Gasteiger partial charge in [0, 0.05) is 25.9 Å². The van der Waals surface area contributed by atoms with E-state index in [2.05, 4.69) is 0 Å². The Morgan fingerprint density at radius 3 is 2.46 bits per heavy atom. The third-order valence-corrected chi connectivity index (χ3v) is 5.00. The summed E-state index contributed by atoms with van der Waals surface area (Å²) in [6, 6.07) is 15.9. The van der Waals surface area contributed by atoms with Gasteiger partial charge in [0.1, 0.15) is 12.4 Å². The van der Waals surface area contributed by atoms with Crippen molar-refractivity contribution in [3.63, 3.8) is 0 Å². The molecule has 3 rings (SSSR count). The number of hydrogen-bond donors (Lipinski definition) is 0. The van der Waals surface area contributed by atoms with Gasteiger partial charge < -0.3 is 14.4 Å². The first-order valence-corrected chi connectivity index (χ1v) is 9.37. The highest BCUT2D eigenvalue weighted by Crippen LogP contribution is 2.33. The van der Waals surface area contributed by atoms with E-state index in [1.807, 2.05) is 30.3 Å². The summed E-state index contributed by atoms with van der Waals surface area (Å²) in [5.74, 6) is -0.644. The SMILES string of the molecule is CC(=O)OC[C@H]1CN(C(=O)OCc2ccccc2)CC[C@@H]1c1ccc(F)cc1. The quantitative estimate of drug-likeness (QED) is 0.726. The summed E-state index contributed by atoms with van der Waals surface area (Å²) in [5, 5.41) is 0. The van der Waals surface area contributed by atoms with Crippen molar-refractivity contribution >= 4 is 12.1 Å². The predicted octanol–water partition coefficient (Wildman–Crippen LogP) is 4.13. The molecular formula is C22H24FNO4. The first-order valence-electron chi connectivity index (χ1n) is 9.37. The van der Waals surface area contributed by atoms with Crippen LogP contribution in [0.1, 0.15) is 30.4 Å². The molecule has 1 saturated heterocycles. The van der Waals surface area contributed by atoms with Crippen LogP contribution >= 0.6 is 0 Å². The second-order valence-electron chi connectivity index (χ2n) is 7.00. The lowest BCUT2D eigenvalue weighted by Gasteiger charge is -2.38. The number of rotatable bonds is 5. The topological polar surface area (TPSA) is 55.8 Å². The van der Waals surface area contributed by atoms with Crippen LogP contribution < -0.4 is 0 Å². The third kappa shape index (κ3) is 5.31. The maximum absolute atomic E-state index is 13.3. The molecule has 0 aromatic heterocycles. The van der Waals surface area contributed by atoms with Crippen molar-refractivity contribution in [3.8, 4) is 0 Å². The molecule has 0 spiro atoms. The molecule has 2 aromatic rings. The van der Waals surface area contributed by atoms with Crippen molar-refractivity contribution < 1.29 is 23.5 Å². The Hall–Kier alpha value is -2.89. The lowest BCUT2D eigenvalue weighted by atomic mass is 9.81. The average molecular weight is 385 g/mol. The standard InChI is InChI=1S/C22H24FNO4/c1-16(25)27-15-19-13-24(22(26)28-14-17-5-3-2-4-6-17)12-11-21(19)18-7-9-20(23)10-8-18/h2-10,19,21H,11-15H2,1H3/t19-,21-/m1/s1. The van der Waals surface area contributed by atoms with Crippen LogP contribution in [0.2, 0.25) is 0 Å². The zero-order valence-electron chi connectivity index (χ0n) is 15.8. The molecule has 1 heterocycles. The highest BCUT2D eigenvalue weighted by molar-refractivity contribution is 5.68. The van der Waals surface area contributed by atoms with Gasteiger partial charge in [-0.25, -0.2) is 9.18 Å². The van der Waals surface area contributed by atoms with Crippen molar-refractivity contribution in [1.29, 1.82) is 0 Å². The molecule has 0 radical (unpaired) electrons. The molecular weight excluding hydrogens is 361 g/mol. The first-order chi connectivity index (χ1) is 13.5. The van der Waals surface area contributed by atoms with E-state index in [0.29, 0.717) is 19.5 Å². The highest BCUT2D eigenvalue weighted by atomic mass is 19.1. The number of carbonyl (C=O) groups excluding carboxylic acids is 2. The number of likely N-dealkylation sites (tertiary alicyclic amines) is 1. The van der Waals surface area contributed by atoms with Gasteiger partial charge in [0.15, 0.2) is 0 Å². The minimum atomic E-state index is -0.380. The largest absolute Gasteiger partial charge is 0.465 e. The Balaban J connectivity index is 1.64. The molecule has 1 amide bonds. The van der Waals surface area contributed by atoms with Crippen LogP contribution in [-0.2, 0) is 20.9 Å². The maximum atomic E-state index is 13.3. The second kappa shape index (κ2) is 9.35. The Labute approximate surface area is 164 Å². The Kier molecular flexibility index (Phi) is 6.63. The summed E-state index contributed by atoms with van der Waals surface area (Å²) >= 11 is 0. The van der Waals surface area contributed by atoms with Crippen LogP contribution in [0.5, 0.6) is 0 Å². The molecule has 28 heavy (non-hydrogen) atoms. The highest BCUT2D eigenvalue weighted by Gasteiger charge is 2.33. The predicted molar refractivity (Wildman–Crippen MR) is 102 cm³/mol. The first kappa shape index (κ1) is 19.9. The normalized spacial score (nSPS) is 19.1. The van der Waals surface area contributed by atoms with Gasteiger partial charge in [-0.3, -0.25) is 4.79 Å². The third-order valence-electron chi connectivity index (χ3n) is 5.00. The van der Waals surface area contributed by atoms with Gasteiger partial charge in [0.25, 0.3) is 0 Å². The van der Waals surface area contributed by atoms with Crippen molar-refractivity contribution in [1.82, 2.24) is 4.90 Å². The van der Waals surface area contributed by atoms with Crippen molar-refractivity contribution in [2.75, 3.05) is 19.7 Å². The van der Waals surface area contributed by atoms with Crippen molar-refractivity contribution in [3.05, 3.63) is 71.5 Å². The summed E-state index contributed by atoms with van der Waals surface area (Å²) < 4.78 is 23.9. The molecule has 2 atom stereocenters. The zero-order valence-corrected chi connectivity index (χ0v) is 15.8. The molecule has 1 aliphatic heterocycles. The number of piperidine rings is 1. The molecule has 0 bridgehead atoms. The van der Waals surface area contributed by atoms with E-state index >= 15 is 0 Å². The zero-order chi connectivity index (χ0) is 19.9. The molecule has 0 unspecified atom stereocenters. The van der Waals surface area contributed by atoms with Crippen molar-refractivity contribution in [2.24, 2.45) is 5.92 Å². The number of benzene rings is 2. The van der Waals surface area contributed by atoms with Crippen LogP contribution in [-0.4, -0.2) is 36.7 Å². The van der Waals surface area contributed by atoms with Gasteiger partial charge in [0.05, 0.1) is 6.61 Å². The summed E-state index contributed by atoms with van der Waals surface area (Å²) in [4.78, 5) is 25.4. The average Bonchev–Trinajstić information content (AvgIpc) is 2.71. The van der Waals surface area contributed by atoms with E-state index in [1.165, 1.54) is 19.1 Å². The van der Waals surface area contributed by atoms with Gasteiger partial charge in [-0.15, -0.1) is 0 Å². The minimum absolute atomic E-state index is 0.0765. The van der Waals surface area contributed by atoms with E-state index in [1.54, 1.807) is 17.0 Å². The number of halogens is 1. The minimum Gasteiger partial charge on any atom is -0.465 e. The fourth-order valence-electron chi connectivity index (χ4n) is 3.55. The van der Waals surface area contributed by atoms with Gasteiger partial charge >= 0.3 is 12.1 Å². The number of amides is 1. The molecule has 5 nitrogen and oxygen atoms in total. The Morgan fingerprint density at radius 2 is 1.79 bits per heavy atom. The van der Waals surface area contributed by atoms with Gasteiger partial charge in [-0.2, -0.15) is 0 Å². The van der Waals surface area contributed by atoms with E-state index in [9.17, 15) is 14.0 Å². The molecule has 148 valence electrons. The van der Waals surface area contributed by atoms with Crippen LogP contribution in [0.25, 0.3) is 0 Å². The molecule has 1 fully saturated rings. The van der Waals surface area contributed by atoms with Crippen LogP contribution in [0, 0.1) is 11.7 Å². The molecule has 0 aliphatic carbocycles. The Morgan fingerprint density at radius 1 is 1.07 bits per heavy atom. The fourth-order valence-corrected chi connectivity index (χ4v) is 3.55. The lowest BCUT2D eigenvalue weighted by molar-refractivity contribution is -0.143. The molecule has 2 aromatic carbocycles. The summed E-state index contributed by atoms with van der Waals surface area (Å²) in [5.41, 5.74) is 1.91. The number of carbonyl (C=O) groups is 2. The number of ether oxygens (including phenoxy) is 2. The van der Waals surface area contributed by atoms with Gasteiger partial charge in [-0.1, -0.05) is 42.5 Å². The van der Waals surface area contributed by atoms with Crippen molar-refractivity contribution in [2.45, 2.75) is 25.9 Å². The van der Waals surface area contributed by atoms with E-state index in [4.69, 9.17) is 9.47 Å². The summed E-state index contributed by atoms with van der Waals surface area (Å²) in [7, 11) is 0. The lowest BCUT2D eigenvalue weighted by Crippen LogP contribution is -2.44. The Bertz CT molecular complexity index is 794. The summed E-state index contributed by atoms with van der Waals surface area (Å²) in [6.45, 7) is 2.74. The second-order valence-corrected chi connectivity index (χ2v) is 7.00. The number of esters is 1. The monoisotopic (exact) mass is 385 g/mol. The molecule has 0 saturated carbocycles. The molecule has 1 aliphatic rings. The molecule has 6 heteroatoms. The molecule has 0 N–H and O–H groups in total. The number of hydrogen-bond acceptors (Lipinski definition) is 4.